The van der Waals surface area contributed by atoms with Gasteiger partial charge in [-0.2, -0.15) is 0 Å². The number of benzene rings is 2. The van der Waals surface area contributed by atoms with E-state index in [-0.39, 0.29) is 36.9 Å². The number of rotatable bonds is 7. The molecule has 230 valence electrons. The molecule has 3 fully saturated rings. The van der Waals surface area contributed by atoms with Gasteiger partial charge in [-0.15, -0.1) is 0 Å². The minimum absolute atomic E-state index is 0.0125. The monoisotopic (exact) mass is 598 g/mol. The fourth-order valence-corrected chi connectivity index (χ4v) is 8.61. The zero-order valence-electron chi connectivity index (χ0n) is 25.3. The smallest absolute Gasteiger partial charge is 0.310 e. The number of phenolic OH excluding ortho intramolecular Hbond substituents is 1. The second-order valence-corrected chi connectivity index (χ2v) is 13.5. The molecule has 2 heterocycles. The molecule has 2 aromatic rings. The summed E-state index contributed by atoms with van der Waals surface area (Å²) in [6.45, 7) is 9.98. The first kappa shape index (κ1) is 29.2. The maximum Gasteiger partial charge on any atom is 0.310 e. The highest BCUT2D eigenvalue weighted by Gasteiger charge is 2.82. The van der Waals surface area contributed by atoms with Crippen LogP contribution in [-0.4, -0.2) is 56.9 Å². The first-order valence-electron chi connectivity index (χ1n) is 15.2. The number of Topliss-reactive ketones (excluding diaryl/α,β-unsaturated/α-hetero) is 1. The number of ketones is 1. The van der Waals surface area contributed by atoms with Crippen LogP contribution in [0.3, 0.4) is 0 Å². The minimum Gasteiger partial charge on any atom is -0.508 e. The van der Waals surface area contributed by atoms with E-state index in [4.69, 9.17) is 18.9 Å². The van der Waals surface area contributed by atoms with Gasteiger partial charge >= 0.3 is 5.97 Å². The molecule has 0 radical (unpaired) electrons. The van der Waals surface area contributed by atoms with Crippen molar-refractivity contribution in [2.45, 2.75) is 81.3 Å². The molecule has 2 aliphatic heterocycles. The molecule has 8 heteroatoms. The van der Waals surface area contributed by atoms with Crippen LogP contribution >= 0.6 is 0 Å². The van der Waals surface area contributed by atoms with Crippen molar-refractivity contribution < 1.29 is 38.7 Å². The Kier molecular flexibility index (Phi) is 6.44. The molecule has 5 aliphatic rings. The molecule has 2 N–H and O–H groups in total. The first-order valence-corrected chi connectivity index (χ1v) is 15.2. The molecule has 7 atom stereocenters. The summed E-state index contributed by atoms with van der Waals surface area (Å²) in [5.41, 5.74) is -1.27. The predicted molar refractivity (Wildman–Crippen MR) is 160 cm³/mol. The van der Waals surface area contributed by atoms with Crippen LogP contribution in [0, 0.1) is 11.8 Å². The van der Waals surface area contributed by atoms with Crippen LogP contribution in [0.5, 0.6) is 5.75 Å². The van der Waals surface area contributed by atoms with Crippen molar-refractivity contribution in [3.8, 4) is 5.75 Å². The lowest BCUT2D eigenvalue weighted by Crippen LogP contribution is -2.70. The van der Waals surface area contributed by atoms with Gasteiger partial charge in [0, 0.05) is 18.8 Å². The van der Waals surface area contributed by atoms with Crippen molar-refractivity contribution in [3.05, 3.63) is 101 Å². The third-order valence-electron chi connectivity index (χ3n) is 10.4. The third-order valence-corrected chi connectivity index (χ3v) is 10.4. The van der Waals surface area contributed by atoms with Crippen LogP contribution in [0.25, 0.3) is 0 Å². The van der Waals surface area contributed by atoms with Crippen LogP contribution in [0.2, 0.25) is 0 Å². The number of ether oxygens (including phenoxy) is 4. The van der Waals surface area contributed by atoms with Crippen LogP contribution in [0.15, 0.2) is 90.0 Å². The number of phenols is 1. The number of hydrogen-bond donors (Lipinski definition) is 2. The normalized spacial score (nSPS) is 38.3. The number of aliphatic hydroxyl groups is 1. The number of fused-ring (bicyclic) bond motifs is 3. The van der Waals surface area contributed by atoms with Gasteiger partial charge in [0.25, 0.3) is 5.97 Å². The SMILES string of the molecule is C=C(C)C12CC(C)C34OC(Cc5ccccc5)(O1)OC3(C=C(COC(=O)Cc1ccc(O)cc1)CC1(O)C(=O)C(C)=CC14)C2. The standard InChI is InChI=1S/C36H38O8/c1-22(2)32-16-24(4)36-29-14-23(3)31(39)34(29,40)18-27(20-41-30(38)15-25-10-12-28(37)13-11-25)17-33(36,21-32)43-35(42-32,44-36)19-26-8-6-5-7-9-26/h5-14,17,24,29,37,40H,1,15-16,18-21H2,2-4H3. The van der Waals surface area contributed by atoms with E-state index in [1.54, 1.807) is 19.1 Å². The highest BCUT2D eigenvalue weighted by Crippen LogP contribution is 2.71. The van der Waals surface area contributed by atoms with Gasteiger partial charge in [0.2, 0.25) is 0 Å². The number of esters is 1. The van der Waals surface area contributed by atoms with Gasteiger partial charge in [-0.1, -0.05) is 62.0 Å². The van der Waals surface area contributed by atoms with E-state index >= 15 is 0 Å². The van der Waals surface area contributed by atoms with E-state index in [2.05, 4.69) is 13.5 Å². The fraction of sp³-hybridized carbons (Fsp3) is 0.444. The zero-order valence-corrected chi connectivity index (χ0v) is 25.3. The third kappa shape index (κ3) is 4.11. The van der Waals surface area contributed by atoms with Gasteiger partial charge in [-0.25, -0.2) is 0 Å². The van der Waals surface area contributed by atoms with Crippen LogP contribution in [0.1, 0.15) is 51.2 Å². The predicted octanol–water partition coefficient (Wildman–Crippen LogP) is 4.88. The number of aromatic hydroxyl groups is 1. The van der Waals surface area contributed by atoms with Gasteiger partial charge in [-0.3, -0.25) is 9.59 Å². The Balaban J connectivity index is 1.32. The van der Waals surface area contributed by atoms with E-state index in [0.717, 1.165) is 11.1 Å². The number of hydrogen-bond acceptors (Lipinski definition) is 8. The van der Waals surface area contributed by atoms with E-state index in [1.165, 1.54) is 12.1 Å². The minimum atomic E-state index is -1.81. The molecule has 3 bridgehead atoms. The summed E-state index contributed by atoms with van der Waals surface area (Å²) in [7, 11) is 0. The molecule has 44 heavy (non-hydrogen) atoms. The molecular formula is C36H38O8. The van der Waals surface area contributed by atoms with Crippen LogP contribution < -0.4 is 0 Å². The van der Waals surface area contributed by atoms with E-state index < -0.39 is 40.3 Å². The fourth-order valence-electron chi connectivity index (χ4n) is 8.61. The maximum absolute atomic E-state index is 13.7. The molecule has 2 saturated heterocycles. The largest absolute Gasteiger partial charge is 0.508 e. The molecule has 7 rings (SSSR count). The highest BCUT2D eigenvalue weighted by molar-refractivity contribution is 6.05. The van der Waals surface area contributed by atoms with Gasteiger partial charge in [0.15, 0.2) is 5.78 Å². The van der Waals surface area contributed by atoms with Crippen molar-refractivity contribution in [2.24, 2.45) is 11.8 Å². The van der Waals surface area contributed by atoms with Crippen molar-refractivity contribution in [3.63, 3.8) is 0 Å². The van der Waals surface area contributed by atoms with Crippen molar-refractivity contribution in [2.75, 3.05) is 6.61 Å². The Morgan fingerprint density at radius 1 is 1.07 bits per heavy atom. The molecule has 2 aromatic carbocycles. The van der Waals surface area contributed by atoms with Gasteiger partial charge in [0.05, 0.1) is 18.4 Å². The van der Waals surface area contributed by atoms with Crippen LogP contribution in [-0.2, 0) is 41.4 Å². The summed E-state index contributed by atoms with van der Waals surface area (Å²) in [5, 5.41) is 21.9. The average Bonchev–Trinajstić information content (AvgIpc) is 3.24. The maximum atomic E-state index is 13.7. The molecule has 0 amide bonds. The Morgan fingerprint density at radius 3 is 2.50 bits per heavy atom. The number of carbonyl (C=O) groups excluding carboxylic acids is 2. The summed E-state index contributed by atoms with van der Waals surface area (Å²) in [5.74, 6) is -3.13. The van der Waals surface area contributed by atoms with E-state index in [0.29, 0.717) is 36.0 Å². The lowest BCUT2D eigenvalue weighted by molar-refractivity contribution is -0.399. The van der Waals surface area contributed by atoms with Crippen molar-refractivity contribution >= 4 is 11.8 Å². The summed E-state index contributed by atoms with van der Waals surface area (Å²) >= 11 is 0. The second-order valence-electron chi connectivity index (χ2n) is 13.5. The molecule has 0 aromatic heterocycles. The topological polar surface area (TPSA) is 112 Å². The van der Waals surface area contributed by atoms with Gasteiger partial charge in [-0.05, 0) is 72.2 Å². The van der Waals surface area contributed by atoms with Crippen molar-refractivity contribution in [1.82, 2.24) is 0 Å². The van der Waals surface area contributed by atoms with Crippen LogP contribution in [0.4, 0.5) is 0 Å². The van der Waals surface area contributed by atoms with E-state index in [9.17, 15) is 19.8 Å². The summed E-state index contributed by atoms with van der Waals surface area (Å²) in [6.07, 6.45) is 5.06. The zero-order chi connectivity index (χ0) is 31.1. The molecular weight excluding hydrogens is 560 g/mol. The van der Waals surface area contributed by atoms with E-state index in [1.807, 2.05) is 49.4 Å². The molecule has 1 saturated carbocycles. The molecule has 7 unspecified atom stereocenters. The Morgan fingerprint density at radius 2 is 1.80 bits per heavy atom. The average molecular weight is 599 g/mol. The second kappa shape index (κ2) is 9.72. The summed E-state index contributed by atoms with van der Waals surface area (Å²) < 4.78 is 26.8. The lowest BCUT2D eigenvalue weighted by Gasteiger charge is -2.58. The quantitative estimate of drug-likeness (QED) is 0.343. The Labute approximate surface area is 257 Å². The highest BCUT2D eigenvalue weighted by atomic mass is 16.9. The van der Waals surface area contributed by atoms with Gasteiger partial charge < -0.3 is 29.2 Å². The number of carbonyl (C=O) groups is 2. The Hall–Kier alpha value is -3.56. The van der Waals surface area contributed by atoms with Crippen molar-refractivity contribution in [1.29, 1.82) is 0 Å². The lowest BCUT2D eigenvalue weighted by atomic mass is 9.54. The summed E-state index contributed by atoms with van der Waals surface area (Å²) in [4.78, 5) is 26.7. The molecule has 8 nitrogen and oxygen atoms in total. The molecule has 1 spiro atoms. The first-order chi connectivity index (χ1) is 20.8. The molecule has 3 aliphatic carbocycles. The Bertz CT molecular complexity index is 1610. The summed E-state index contributed by atoms with van der Waals surface area (Å²) in [6, 6.07) is 16.2. The van der Waals surface area contributed by atoms with Gasteiger partial charge in [0.1, 0.15) is 29.2 Å².